The number of aromatic amines is 1. The number of halogens is 1. The van der Waals surface area contributed by atoms with E-state index in [1.807, 2.05) is 35.5 Å². The van der Waals surface area contributed by atoms with Gasteiger partial charge >= 0.3 is 0 Å². The lowest BCUT2D eigenvalue weighted by molar-refractivity contribution is 0.637. The van der Waals surface area contributed by atoms with Crippen molar-refractivity contribution >= 4 is 23.3 Å². The van der Waals surface area contributed by atoms with E-state index in [1.165, 1.54) is 6.07 Å². The van der Waals surface area contributed by atoms with E-state index in [-0.39, 0.29) is 5.82 Å². The normalized spacial score (nSPS) is 11.3. The second-order valence-electron chi connectivity index (χ2n) is 4.53. The highest BCUT2D eigenvalue weighted by atomic mass is 32.1. The Balaban J connectivity index is 2.16. The summed E-state index contributed by atoms with van der Waals surface area (Å²) in [6.07, 6.45) is 1.81. The maximum absolute atomic E-state index is 13.7. The van der Waals surface area contributed by atoms with E-state index in [0.717, 1.165) is 16.8 Å². The molecule has 6 heteroatoms. The standard InChI is InChI=1S/C13H13FN4S/c1-8-9(6-15-17(8)2)7-18-11-5-3-4-10(14)12(11)16-13(18)19/h3-6H,7H2,1-2H3,(H,16,19). The van der Waals surface area contributed by atoms with Crippen molar-refractivity contribution in [3.63, 3.8) is 0 Å². The van der Waals surface area contributed by atoms with E-state index in [1.54, 1.807) is 6.07 Å². The van der Waals surface area contributed by atoms with Crippen molar-refractivity contribution in [3.05, 3.63) is 46.2 Å². The molecule has 2 heterocycles. The monoisotopic (exact) mass is 276 g/mol. The molecule has 0 saturated heterocycles. The number of hydrogen-bond donors (Lipinski definition) is 1. The molecular formula is C13H13FN4S. The summed E-state index contributed by atoms with van der Waals surface area (Å²) in [5.74, 6) is -0.287. The van der Waals surface area contributed by atoms with Crippen LogP contribution in [0.4, 0.5) is 4.39 Å². The molecule has 1 aromatic carbocycles. The molecule has 0 saturated carbocycles. The van der Waals surface area contributed by atoms with Crippen molar-refractivity contribution in [1.82, 2.24) is 19.3 Å². The fourth-order valence-corrected chi connectivity index (χ4v) is 2.44. The van der Waals surface area contributed by atoms with Gasteiger partial charge in [-0.1, -0.05) is 6.07 Å². The first-order valence-corrected chi connectivity index (χ1v) is 6.33. The average molecular weight is 276 g/mol. The van der Waals surface area contributed by atoms with Gasteiger partial charge in [0.15, 0.2) is 4.77 Å². The highest BCUT2D eigenvalue weighted by Crippen LogP contribution is 2.19. The smallest absolute Gasteiger partial charge is 0.178 e. The summed E-state index contributed by atoms with van der Waals surface area (Å²) in [6.45, 7) is 2.59. The number of aromatic nitrogens is 4. The third-order valence-electron chi connectivity index (χ3n) is 3.42. The first-order valence-electron chi connectivity index (χ1n) is 5.92. The molecule has 3 rings (SSSR count). The molecule has 0 spiro atoms. The maximum atomic E-state index is 13.7. The van der Waals surface area contributed by atoms with Gasteiger partial charge in [-0.15, -0.1) is 0 Å². The quantitative estimate of drug-likeness (QED) is 0.731. The Kier molecular flexibility index (Phi) is 2.74. The van der Waals surface area contributed by atoms with E-state index in [2.05, 4.69) is 10.1 Å². The predicted octanol–water partition coefficient (Wildman–Crippen LogP) is 2.93. The Labute approximate surface area is 114 Å². The summed E-state index contributed by atoms with van der Waals surface area (Å²) < 4.78 is 17.9. The van der Waals surface area contributed by atoms with E-state index in [4.69, 9.17) is 12.2 Å². The van der Waals surface area contributed by atoms with E-state index in [0.29, 0.717) is 16.8 Å². The molecule has 0 bridgehead atoms. The van der Waals surface area contributed by atoms with Gasteiger partial charge in [-0.25, -0.2) is 4.39 Å². The molecule has 0 aliphatic heterocycles. The maximum Gasteiger partial charge on any atom is 0.178 e. The molecule has 98 valence electrons. The predicted molar refractivity (Wildman–Crippen MR) is 74.1 cm³/mol. The van der Waals surface area contributed by atoms with Gasteiger partial charge in [0, 0.05) is 18.3 Å². The molecule has 0 fully saturated rings. The molecule has 0 amide bonds. The number of nitrogens with one attached hydrogen (secondary N) is 1. The molecule has 0 unspecified atom stereocenters. The summed E-state index contributed by atoms with van der Waals surface area (Å²) >= 11 is 5.28. The Morgan fingerprint density at radius 3 is 2.89 bits per heavy atom. The number of nitrogens with zero attached hydrogens (tertiary/aromatic N) is 3. The Bertz CT molecular complexity index is 812. The first kappa shape index (κ1) is 12.1. The molecule has 1 N–H and O–H groups in total. The van der Waals surface area contributed by atoms with Crippen LogP contribution in [0.3, 0.4) is 0 Å². The Morgan fingerprint density at radius 2 is 2.21 bits per heavy atom. The van der Waals surface area contributed by atoms with Gasteiger partial charge < -0.3 is 9.55 Å². The van der Waals surface area contributed by atoms with Crippen molar-refractivity contribution in [2.45, 2.75) is 13.5 Å². The second kappa shape index (κ2) is 4.31. The van der Waals surface area contributed by atoms with Crippen molar-refractivity contribution in [2.75, 3.05) is 0 Å². The van der Waals surface area contributed by atoms with Crippen LogP contribution < -0.4 is 0 Å². The van der Waals surface area contributed by atoms with Crippen LogP contribution >= 0.6 is 12.2 Å². The van der Waals surface area contributed by atoms with Crippen LogP contribution in [0.1, 0.15) is 11.3 Å². The van der Waals surface area contributed by atoms with Gasteiger partial charge in [-0.2, -0.15) is 5.10 Å². The lowest BCUT2D eigenvalue weighted by Gasteiger charge is -2.04. The number of imidazole rings is 1. The third kappa shape index (κ3) is 1.88. The van der Waals surface area contributed by atoms with Gasteiger partial charge in [-0.3, -0.25) is 4.68 Å². The van der Waals surface area contributed by atoms with Gasteiger partial charge in [0.2, 0.25) is 0 Å². The molecule has 0 radical (unpaired) electrons. The first-order chi connectivity index (χ1) is 9.08. The fraction of sp³-hybridized carbons (Fsp3) is 0.231. The summed E-state index contributed by atoms with van der Waals surface area (Å²) in [4.78, 5) is 2.92. The minimum Gasteiger partial charge on any atom is -0.328 e. The molecule has 0 aliphatic carbocycles. The Hall–Kier alpha value is -1.95. The molecule has 19 heavy (non-hydrogen) atoms. The zero-order valence-corrected chi connectivity index (χ0v) is 11.5. The number of H-pyrrole nitrogens is 1. The summed E-state index contributed by atoms with van der Waals surface area (Å²) in [7, 11) is 1.90. The number of rotatable bonds is 2. The number of para-hydroxylation sites is 1. The molecule has 3 aromatic rings. The van der Waals surface area contributed by atoms with Gasteiger partial charge in [0.05, 0.1) is 18.3 Å². The van der Waals surface area contributed by atoms with Crippen molar-refractivity contribution in [3.8, 4) is 0 Å². The Morgan fingerprint density at radius 1 is 1.42 bits per heavy atom. The van der Waals surface area contributed by atoms with E-state index < -0.39 is 0 Å². The zero-order chi connectivity index (χ0) is 13.6. The number of fused-ring (bicyclic) bond motifs is 1. The molecule has 2 aromatic heterocycles. The third-order valence-corrected chi connectivity index (χ3v) is 3.75. The van der Waals surface area contributed by atoms with Crippen LogP contribution in [0.5, 0.6) is 0 Å². The second-order valence-corrected chi connectivity index (χ2v) is 4.92. The van der Waals surface area contributed by atoms with Gasteiger partial charge in [-0.05, 0) is 31.3 Å². The van der Waals surface area contributed by atoms with Crippen molar-refractivity contribution in [2.24, 2.45) is 7.05 Å². The molecular weight excluding hydrogens is 263 g/mol. The zero-order valence-electron chi connectivity index (χ0n) is 10.6. The molecule has 0 atom stereocenters. The van der Waals surface area contributed by atoms with E-state index in [9.17, 15) is 4.39 Å². The number of aryl methyl sites for hydroxylation is 1. The van der Waals surface area contributed by atoms with Crippen LogP contribution in [-0.2, 0) is 13.6 Å². The van der Waals surface area contributed by atoms with Crippen LogP contribution in [0.2, 0.25) is 0 Å². The minimum atomic E-state index is -0.287. The lowest BCUT2D eigenvalue weighted by atomic mass is 10.2. The van der Waals surface area contributed by atoms with Crippen molar-refractivity contribution in [1.29, 1.82) is 0 Å². The van der Waals surface area contributed by atoms with Crippen LogP contribution in [0.25, 0.3) is 11.0 Å². The topological polar surface area (TPSA) is 38.5 Å². The molecule has 0 aliphatic rings. The number of benzene rings is 1. The molecule has 4 nitrogen and oxygen atoms in total. The largest absolute Gasteiger partial charge is 0.328 e. The lowest BCUT2D eigenvalue weighted by Crippen LogP contribution is -2.01. The highest BCUT2D eigenvalue weighted by molar-refractivity contribution is 7.71. The number of hydrogen-bond acceptors (Lipinski definition) is 2. The van der Waals surface area contributed by atoms with Crippen LogP contribution in [0, 0.1) is 17.5 Å². The summed E-state index contributed by atoms with van der Waals surface area (Å²) in [6, 6.07) is 4.97. The fourth-order valence-electron chi connectivity index (χ4n) is 2.17. The van der Waals surface area contributed by atoms with Crippen LogP contribution in [0.15, 0.2) is 24.4 Å². The summed E-state index contributed by atoms with van der Waals surface area (Å²) in [5, 5.41) is 4.21. The highest BCUT2D eigenvalue weighted by Gasteiger charge is 2.11. The average Bonchev–Trinajstić information content (AvgIpc) is 2.86. The van der Waals surface area contributed by atoms with Crippen molar-refractivity contribution < 1.29 is 4.39 Å². The summed E-state index contributed by atoms with van der Waals surface area (Å²) in [5.41, 5.74) is 3.37. The minimum absolute atomic E-state index is 0.287. The van der Waals surface area contributed by atoms with Crippen LogP contribution in [-0.4, -0.2) is 19.3 Å². The van der Waals surface area contributed by atoms with Gasteiger partial charge in [0.25, 0.3) is 0 Å². The van der Waals surface area contributed by atoms with Gasteiger partial charge in [0.1, 0.15) is 11.3 Å². The SMILES string of the molecule is Cc1c(Cn2c(=S)[nH]c3c(F)cccc32)cnn1C. The van der Waals surface area contributed by atoms with E-state index >= 15 is 0 Å².